The maximum Gasteiger partial charge on any atom is 0.349 e. The molecule has 0 aliphatic carbocycles. The number of esters is 1. The zero-order valence-corrected chi connectivity index (χ0v) is 16.2. The molecule has 0 unspecified atom stereocenters. The third-order valence-electron chi connectivity index (χ3n) is 4.57. The van der Waals surface area contributed by atoms with Crippen LogP contribution in [0.5, 0.6) is 0 Å². The molecular weight excluding hydrogens is 346 g/mol. The number of nitrogens with zero attached hydrogens (tertiary/aromatic N) is 2. The van der Waals surface area contributed by atoms with Crippen molar-refractivity contribution >= 4 is 18.0 Å². The summed E-state index contributed by atoms with van der Waals surface area (Å²) in [6.07, 6.45) is 4.63. The average molecular weight is 373 g/mol. The van der Waals surface area contributed by atoms with Gasteiger partial charge < -0.3 is 19.4 Å². The fraction of sp³-hybridized carbons (Fsp3) is 0.550. The number of nitriles is 1. The van der Waals surface area contributed by atoms with E-state index in [1.807, 2.05) is 32.9 Å². The van der Waals surface area contributed by atoms with Crippen LogP contribution in [0.15, 0.2) is 11.6 Å². The van der Waals surface area contributed by atoms with Crippen LogP contribution >= 0.6 is 0 Å². The molecule has 1 aliphatic rings. The quantitative estimate of drug-likeness (QED) is 0.429. The maximum atomic E-state index is 12.1. The van der Waals surface area contributed by atoms with E-state index in [2.05, 4.69) is 9.88 Å². The predicted octanol–water partition coefficient (Wildman–Crippen LogP) is 2.26. The third-order valence-corrected chi connectivity index (χ3v) is 4.57. The summed E-state index contributed by atoms with van der Waals surface area (Å²) >= 11 is 0. The highest BCUT2D eigenvalue weighted by atomic mass is 16.5. The Labute approximate surface area is 159 Å². The molecule has 2 rings (SSSR count). The van der Waals surface area contributed by atoms with Gasteiger partial charge in [0.1, 0.15) is 11.6 Å². The third kappa shape index (κ3) is 5.69. The van der Waals surface area contributed by atoms with Crippen molar-refractivity contribution in [3.8, 4) is 6.07 Å². The van der Waals surface area contributed by atoms with Gasteiger partial charge in [-0.15, -0.1) is 0 Å². The first-order valence-corrected chi connectivity index (χ1v) is 9.30. The van der Waals surface area contributed by atoms with Gasteiger partial charge in [-0.1, -0.05) is 6.92 Å². The fourth-order valence-electron chi connectivity index (χ4n) is 3.06. The highest BCUT2D eigenvalue weighted by molar-refractivity contribution is 5.99. The van der Waals surface area contributed by atoms with E-state index < -0.39 is 12.6 Å². The number of hydrogen-bond donors (Lipinski definition) is 1. The lowest BCUT2D eigenvalue weighted by molar-refractivity contribution is -0.144. The number of carbonyl (C=O) groups excluding carboxylic acids is 2. The number of ether oxygens (including phenoxy) is 2. The smallest absolute Gasteiger partial charge is 0.349 e. The summed E-state index contributed by atoms with van der Waals surface area (Å²) < 4.78 is 12.8. The van der Waals surface area contributed by atoms with Gasteiger partial charge >= 0.3 is 5.97 Å². The van der Waals surface area contributed by atoms with E-state index in [-0.39, 0.29) is 17.6 Å². The topological polar surface area (TPSA) is 93.4 Å². The van der Waals surface area contributed by atoms with Crippen molar-refractivity contribution < 1.29 is 19.1 Å². The highest BCUT2D eigenvalue weighted by Gasteiger charge is 2.19. The summed E-state index contributed by atoms with van der Waals surface area (Å²) in [5, 5.41) is 11.9. The largest absolute Gasteiger partial charge is 0.451 e. The average Bonchev–Trinajstić information content (AvgIpc) is 3.26. The highest BCUT2D eigenvalue weighted by Crippen LogP contribution is 2.22. The van der Waals surface area contributed by atoms with Crippen molar-refractivity contribution in [2.45, 2.75) is 52.7 Å². The van der Waals surface area contributed by atoms with E-state index in [1.54, 1.807) is 0 Å². The Hall–Kier alpha value is -2.59. The summed E-state index contributed by atoms with van der Waals surface area (Å²) in [4.78, 5) is 23.7. The lowest BCUT2D eigenvalue weighted by Crippen LogP contribution is -2.29. The molecule has 1 aromatic heterocycles. The predicted molar refractivity (Wildman–Crippen MR) is 101 cm³/mol. The van der Waals surface area contributed by atoms with Gasteiger partial charge in [0.2, 0.25) is 0 Å². The molecule has 7 heteroatoms. The number of aromatic nitrogens is 1. The van der Waals surface area contributed by atoms with Crippen LogP contribution in [0.25, 0.3) is 6.08 Å². The lowest BCUT2D eigenvalue weighted by atomic mass is 10.1. The summed E-state index contributed by atoms with van der Waals surface area (Å²) in [6, 6.07) is 3.80. The van der Waals surface area contributed by atoms with Crippen molar-refractivity contribution in [2.24, 2.45) is 0 Å². The minimum atomic E-state index is -0.798. The first-order chi connectivity index (χ1) is 13.0. The minimum absolute atomic E-state index is 0.129. The normalized spacial score (nSPS) is 16.8. The molecule has 0 aromatic carbocycles. The van der Waals surface area contributed by atoms with Gasteiger partial charge in [-0.25, -0.2) is 4.79 Å². The standard InChI is InChI=1S/C20H27N3O4/c1-4-7-22-19(24)13-27-20(25)17(11-21)10-16-9-14(2)23(15(16)3)12-18-6-5-8-26-18/h9-10,18H,4-8,12-13H2,1-3H3,(H,22,24)/b17-10+/t18-/m0/s1. The molecule has 1 aromatic rings. The minimum Gasteiger partial charge on any atom is -0.451 e. The molecule has 0 spiro atoms. The molecule has 7 nitrogen and oxygen atoms in total. The molecule has 1 aliphatic heterocycles. The Morgan fingerprint density at radius 1 is 1.48 bits per heavy atom. The Balaban J connectivity index is 2.07. The molecule has 27 heavy (non-hydrogen) atoms. The van der Waals surface area contributed by atoms with E-state index in [1.165, 1.54) is 6.08 Å². The van der Waals surface area contributed by atoms with E-state index >= 15 is 0 Å². The van der Waals surface area contributed by atoms with Crippen LogP contribution < -0.4 is 5.32 Å². The van der Waals surface area contributed by atoms with Crippen molar-refractivity contribution in [1.29, 1.82) is 5.26 Å². The first kappa shape index (κ1) is 20.7. The lowest BCUT2D eigenvalue weighted by Gasteiger charge is -2.14. The van der Waals surface area contributed by atoms with E-state index in [4.69, 9.17) is 9.47 Å². The van der Waals surface area contributed by atoms with E-state index in [0.29, 0.717) is 6.54 Å². The van der Waals surface area contributed by atoms with Crippen LogP contribution in [-0.4, -0.2) is 42.3 Å². The number of hydrogen-bond acceptors (Lipinski definition) is 5. The van der Waals surface area contributed by atoms with Gasteiger partial charge in [-0.3, -0.25) is 4.79 Å². The van der Waals surface area contributed by atoms with E-state index in [0.717, 1.165) is 49.4 Å². The molecule has 1 saturated heterocycles. The zero-order chi connectivity index (χ0) is 19.8. The molecular formula is C20H27N3O4. The van der Waals surface area contributed by atoms with Gasteiger partial charge in [0.25, 0.3) is 5.91 Å². The van der Waals surface area contributed by atoms with Crippen molar-refractivity contribution in [3.63, 3.8) is 0 Å². The van der Waals surface area contributed by atoms with Gasteiger partial charge in [-0.2, -0.15) is 5.26 Å². The van der Waals surface area contributed by atoms with Crippen LogP contribution in [0.1, 0.15) is 43.1 Å². The van der Waals surface area contributed by atoms with Gasteiger partial charge in [0.15, 0.2) is 6.61 Å². The molecule has 1 atom stereocenters. The Bertz CT molecular complexity index is 752. The summed E-state index contributed by atoms with van der Waals surface area (Å²) in [5.74, 6) is -1.18. The Morgan fingerprint density at radius 3 is 2.89 bits per heavy atom. The van der Waals surface area contributed by atoms with Crippen molar-refractivity contribution in [3.05, 3.63) is 28.6 Å². The summed E-state index contributed by atoms with van der Waals surface area (Å²) in [6.45, 7) is 7.55. The zero-order valence-electron chi connectivity index (χ0n) is 16.2. The number of amides is 1. The van der Waals surface area contributed by atoms with Crippen LogP contribution in [-0.2, 0) is 25.6 Å². The van der Waals surface area contributed by atoms with Crippen molar-refractivity contribution in [2.75, 3.05) is 19.8 Å². The van der Waals surface area contributed by atoms with Crippen LogP contribution in [0.2, 0.25) is 0 Å². The SMILES string of the molecule is CCCNC(=O)COC(=O)/C(C#N)=C/c1cc(C)n(C[C@@H]2CCCO2)c1C. The number of aryl methyl sites for hydroxylation is 1. The number of nitrogens with one attached hydrogen (secondary N) is 1. The molecule has 146 valence electrons. The fourth-order valence-corrected chi connectivity index (χ4v) is 3.06. The van der Waals surface area contributed by atoms with Gasteiger partial charge in [0, 0.05) is 31.1 Å². The van der Waals surface area contributed by atoms with Crippen LogP contribution in [0.4, 0.5) is 0 Å². The molecule has 1 N–H and O–H groups in total. The molecule has 1 fully saturated rings. The molecule has 2 heterocycles. The Morgan fingerprint density at radius 2 is 2.26 bits per heavy atom. The second-order valence-electron chi connectivity index (χ2n) is 6.67. The molecule has 0 bridgehead atoms. The number of carbonyl (C=O) groups is 2. The first-order valence-electron chi connectivity index (χ1n) is 9.30. The van der Waals surface area contributed by atoms with Crippen LogP contribution in [0, 0.1) is 25.2 Å². The maximum absolute atomic E-state index is 12.1. The second-order valence-corrected chi connectivity index (χ2v) is 6.67. The van der Waals surface area contributed by atoms with Gasteiger partial charge in [-0.05, 0) is 50.8 Å². The monoisotopic (exact) mass is 373 g/mol. The van der Waals surface area contributed by atoms with Crippen molar-refractivity contribution in [1.82, 2.24) is 9.88 Å². The molecule has 1 amide bonds. The molecule has 0 radical (unpaired) electrons. The van der Waals surface area contributed by atoms with Crippen LogP contribution in [0.3, 0.4) is 0 Å². The summed E-state index contributed by atoms with van der Waals surface area (Å²) in [7, 11) is 0. The second kappa shape index (κ2) is 9.93. The summed E-state index contributed by atoms with van der Waals surface area (Å²) in [5.41, 5.74) is 2.66. The Kier molecular flexibility index (Phi) is 7.62. The molecule has 0 saturated carbocycles. The van der Waals surface area contributed by atoms with Gasteiger partial charge in [0.05, 0.1) is 6.10 Å². The van der Waals surface area contributed by atoms with E-state index in [9.17, 15) is 14.9 Å². The number of rotatable bonds is 8.